The zero-order chi connectivity index (χ0) is 33.4. The highest BCUT2D eigenvalue weighted by Crippen LogP contribution is 2.34. The van der Waals surface area contributed by atoms with Gasteiger partial charge in [0.2, 0.25) is 10.0 Å². The van der Waals surface area contributed by atoms with Gasteiger partial charge in [0, 0.05) is 26.7 Å². The van der Waals surface area contributed by atoms with Crippen molar-refractivity contribution in [3.8, 4) is 0 Å². The zero-order valence-corrected chi connectivity index (χ0v) is 27.1. The smallest absolute Gasteiger partial charge is 0.250 e. The van der Waals surface area contributed by atoms with E-state index in [1.807, 2.05) is 24.3 Å². The summed E-state index contributed by atoms with van der Waals surface area (Å²) in [6, 6.07) is 20.1. The van der Waals surface area contributed by atoms with Crippen LogP contribution in [0.5, 0.6) is 0 Å². The number of hydrogen-bond donors (Lipinski definition) is 0. The number of thioether (sulfide) groups is 1. The summed E-state index contributed by atoms with van der Waals surface area (Å²) < 4.78 is 123. The fourth-order valence-corrected chi connectivity index (χ4v) is 4.56. The van der Waals surface area contributed by atoms with E-state index in [2.05, 4.69) is 10.7 Å². The molecule has 0 aromatic heterocycles. The van der Waals surface area contributed by atoms with E-state index in [0.29, 0.717) is 16.5 Å². The van der Waals surface area contributed by atoms with Crippen molar-refractivity contribution in [1.82, 2.24) is 0 Å². The van der Waals surface area contributed by atoms with Gasteiger partial charge in [0.05, 0.1) is 5.75 Å². The zero-order valence-electron chi connectivity index (χ0n) is 20.9. The fraction of sp³-hybridized carbons (Fsp3) is 0.250. The van der Waals surface area contributed by atoms with Crippen LogP contribution in [0.3, 0.4) is 0 Å². The van der Waals surface area contributed by atoms with Gasteiger partial charge < -0.3 is 0 Å². The first-order chi connectivity index (χ1) is 19.7. The molecule has 2 nitrogen and oxygen atoms in total. The monoisotopic (exact) mass is 780 g/mol. The van der Waals surface area contributed by atoms with E-state index in [9.17, 15) is 47.9 Å². The predicted octanol–water partition coefficient (Wildman–Crippen LogP) is 11.7. The van der Waals surface area contributed by atoms with Crippen LogP contribution in [0.4, 0.5) is 39.5 Å². The average molecular weight is 783 g/mol. The first-order valence-electron chi connectivity index (χ1n) is 10.8. The highest BCUT2D eigenvalue weighted by molar-refractivity contribution is 8.09. The van der Waals surface area contributed by atoms with Crippen LogP contribution >= 0.6 is 68.8 Å². The summed E-state index contributed by atoms with van der Waals surface area (Å²) in [6.45, 7) is 0. The van der Waals surface area contributed by atoms with E-state index in [1.54, 1.807) is 36.4 Å². The topological polar surface area (TPSA) is 34.1 Å². The lowest BCUT2D eigenvalue weighted by Crippen LogP contribution is -2.17. The van der Waals surface area contributed by atoms with Crippen LogP contribution in [0.1, 0.15) is 16.7 Å². The number of hydrogen-bond acceptors (Lipinski definition) is 3. The maximum Gasteiger partial charge on any atom is 0.486 e. The van der Waals surface area contributed by atoms with Crippen LogP contribution in [0, 0.1) is 0 Å². The van der Waals surface area contributed by atoms with Gasteiger partial charge in [0.25, 0.3) is 0 Å². The van der Waals surface area contributed by atoms with E-state index in [-0.39, 0.29) is 28.1 Å². The van der Waals surface area contributed by atoms with Gasteiger partial charge >= 0.3 is 16.5 Å². The Morgan fingerprint density at radius 2 is 0.953 bits per heavy atom. The summed E-state index contributed by atoms with van der Waals surface area (Å²) in [4.78, 5) is 0. The second-order valence-electron chi connectivity index (χ2n) is 7.25. The summed E-state index contributed by atoms with van der Waals surface area (Å²) >= 11 is 22.5. The summed E-state index contributed by atoms with van der Waals surface area (Å²) in [6.07, 6.45) is 0. The molecule has 0 amide bonds. The van der Waals surface area contributed by atoms with Gasteiger partial charge in [-0.2, -0.15) is 39.5 Å². The molecule has 0 N–H and O–H groups in total. The number of benzene rings is 3. The van der Waals surface area contributed by atoms with Crippen LogP contribution in [-0.2, 0) is 38.2 Å². The van der Waals surface area contributed by atoms with Gasteiger partial charge in [0.1, 0.15) is 10.8 Å². The molecule has 0 saturated heterocycles. The Balaban J connectivity index is 0.000000566. The maximum atomic E-state index is 11.9. The molecule has 0 spiro atoms. The van der Waals surface area contributed by atoms with Gasteiger partial charge in [-0.3, -0.25) is 4.21 Å². The Hall–Kier alpha value is -0.870. The SMILES string of the molecule is ClCc1ccccc1Cl.FC(F)(F)SCc1ccccc1Cl.O=S(Cc1ccccc1Cl)C(F)(F)F.O=S(Cl)C(F)(F)F. The van der Waals surface area contributed by atoms with E-state index in [1.165, 1.54) is 12.1 Å². The molecule has 0 aliphatic carbocycles. The minimum atomic E-state index is -4.76. The quantitative estimate of drug-likeness (QED) is 0.147. The van der Waals surface area contributed by atoms with Crippen LogP contribution in [0.25, 0.3) is 0 Å². The second-order valence-corrected chi connectivity index (χ2v) is 13.0. The third kappa shape index (κ3) is 20.0. The van der Waals surface area contributed by atoms with Crippen LogP contribution in [0.2, 0.25) is 15.1 Å². The highest BCUT2D eigenvalue weighted by atomic mass is 35.7. The van der Waals surface area contributed by atoms with Gasteiger partial charge in [-0.05, 0) is 57.3 Å². The summed E-state index contributed by atoms with van der Waals surface area (Å²) in [5.74, 6) is -0.244. The molecule has 2 atom stereocenters. The standard InChI is InChI=1S/C8H6ClF3OS.C8H6ClF3S.C7H6Cl2.CClF3OS/c9-7-4-2-1-3-6(7)5-14(13)8(10,11)12;9-7-4-2-1-3-6(7)5-13-8(10,11)12;8-5-6-3-1-2-4-7(6)9;2-7(6)1(3,4)5/h1-4H,5H2;1-4H,5H2;1-4H,5H2;. The molecule has 0 radical (unpaired) electrons. The molecule has 242 valence electrons. The highest BCUT2D eigenvalue weighted by Gasteiger charge is 2.37. The lowest BCUT2D eigenvalue weighted by molar-refractivity contribution is -0.0389. The van der Waals surface area contributed by atoms with Gasteiger partial charge in [0.15, 0.2) is 0 Å². The Morgan fingerprint density at radius 3 is 1.23 bits per heavy atom. The molecular weight excluding hydrogens is 765 g/mol. The lowest BCUT2D eigenvalue weighted by Gasteiger charge is -2.06. The van der Waals surface area contributed by atoms with Crippen molar-refractivity contribution < 1.29 is 47.9 Å². The molecule has 0 heterocycles. The fourth-order valence-electron chi connectivity index (χ4n) is 2.22. The lowest BCUT2D eigenvalue weighted by atomic mass is 10.2. The van der Waals surface area contributed by atoms with Gasteiger partial charge in [-0.25, -0.2) is 4.21 Å². The van der Waals surface area contributed by atoms with Crippen molar-refractivity contribution >= 4 is 89.7 Å². The van der Waals surface area contributed by atoms with Crippen LogP contribution in [0.15, 0.2) is 72.8 Å². The van der Waals surface area contributed by atoms with Crippen molar-refractivity contribution in [2.24, 2.45) is 0 Å². The van der Waals surface area contributed by atoms with E-state index >= 15 is 0 Å². The van der Waals surface area contributed by atoms with Gasteiger partial charge in [-0.1, -0.05) is 89.4 Å². The number of rotatable bonds is 5. The molecule has 0 saturated carbocycles. The van der Waals surface area contributed by atoms with Crippen LogP contribution in [-0.4, -0.2) is 24.9 Å². The average Bonchev–Trinajstić information content (AvgIpc) is 2.89. The molecule has 0 bridgehead atoms. The molecule has 43 heavy (non-hydrogen) atoms. The molecule has 0 aliphatic rings. The first-order valence-corrected chi connectivity index (χ1v) is 16.7. The van der Waals surface area contributed by atoms with Crippen LogP contribution < -0.4 is 0 Å². The van der Waals surface area contributed by atoms with Crippen molar-refractivity contribution in [2.45, 2.75) is 33.9 Å². The Bertz CT molecular complexity index is 1310. The van der Waals surface area contributed by atoms with E-state index in [4.69, 9.17) is 46.4 Å². The Kier molecular flexibility index (Phi) is 19.9. The normalized spacial score (nSPS) is 12.8. The van der Waals surface area contributed by atoms with Crippen molar-refractivity contribution in [3.05, 3.63) is 105 Å². The number of alkyl halides is 10. The summed E-state index contributed by atoms with van der Waals surface area (Å²) in [5.41, 5.74) is -11.9. The second kappa shape index (κ2) is 20.3. The summed E-state index contributed by atoms with van der Waals surface area (Å²) in [5, 5.41) is 1.32. The molecular formula is C24H18Cl5F9O2S3. The Morgan fingerprint density at radius 1 is 0.605 bits per heavy atom. The van der Waals surface area contributed by atoms with Crippen molar-refractivity contribution in [3.63, 3.8) is 0 Å². The first kappa shape index (κ1) is 42.1. The van der Waals surface area contributed by atoms with E-state index in [0.717, 1.165) is 10.6 Å². The molecule has 0 aliphatic heterocycles. The number of halogens is 14. The molecule has 0 fully saturated rings. The molecule has 3 aromatic carbocycles. The molecule has 2 unspecified atom stereocenters. The molecule has 3 rings (SSSR count). The third-order valence-electron chi connectivity index (χ3n) is 4.14. The van der Waals surface area contributed by atoms with E-state index < -0.39 is 43.1 Å². The van der Waals surface area contributed by atoms with Crippen molar-refractivity contribution in [1.29, 1.82) is 0 Å². The largest absolute Gasteiger partial charge is 0.486 e. The van der Waals surface area contributed by atoms with Crippen molar-refractivity contribution in [2.75, 3.05) is 0 Å². The predicted molar refractivity (Wildman–Crippen MR) is 159 cm³/mol. The summed E-state index contributed by atoms with van der Waals surface area (Å²) in [7, 11) is -1.99. The minimum absolute atomic E-state index is 0.0836. The maximum absolute atomic E-state index is 11.9. The molecule has 3 aromatic rings. The Labute approximate surface area is 274 Å². The third-order valence-corrected chi connectivity index (χ3v) is 8.29. The van der Waals surface area contributed by atoms with Gasteiger partial charge in [-0.15, -0.1) is 11.6 Å². The molecule has 19 heteroatoms. The minimum Gasteiger partial charge on any atom is -0.250 e.